The maximum Gasteiger partial charge on any atom is 0.129 e. The Morgan fingerprint density at radius 1 is 1.31 bits per heavy atom. The topological polar surface area (TPSA) is 29.5 Å². The summed E-state index contributed by atoms with van der Waals surface area (Å²) < 4.78 is 5.49. The maximum atomic E-state index is 11.3. The Balaban J connectivity index is 1.91. The van der Waals surface area contributed by atoms with E-state index in [9.17, 15) is 4.79 Å². The molecule has 2 aliphatic rings. The molecule has 2 aliphatic heterocycles. The molecule has 0 aromatic rings. The van der Waals surface area contributed by atoms with Crippen molar-refractivity contribution in [3.05, 3.63) is 0 Å². The molecule has 3 nitrogen and oxygen atoms in total. The largest absolute Gasteiger partial charge is 0.380 e. The van der Waals surface area contributed by atoms with Crippen LogP contribution in [0.25, 0.3) is 0 Å². The lowest BCUT2D eigenvalue weighted by atomic mass is 9.83. The second-order valence-electron chi connectivity index (χ2n) is 4.88. The Hall–Kier alpha value is -0.0600. The van der Waals surface area contributed by atoms with E-state index < -0.39 is 0 Å². The van der Waals surface area contributed by atoms with Gasteiger partial charge in [0.15, 0.2) is 0 Å². The van der Waals surface area contributed by atoms with E-state index in [1.54, 1.807) is 0 Å². The van der Waals surface area contributed by atoms with Crippen LogP contribution in [0.5, 0.6) is 0 Å². The molecule has 1 unspecified atom stereocenters. The smallest absolute Gasteiger partial charge is 0.129 e. The highest BCUT2D eigenvalue weighted by molar-refractivity contribution is 7.99. The van der Waals surface area contributed by atoms with Gasteiger partial charge in [-0.25, -0.2) is 0 Å². The van der Waals surface area contributed by atoms with Crippen LogP contribution in [0.15, 0.2) is 0 Å². The molecule has 0 bridgehead atoms. The minimum Gasteiger partial charge on any atom is -0.380 e. The molecule has 0 aromatic carbocycles. The van der Waals surface area contributed by atoms with Gasteiger partial charge in [0.1, 0.15) is 6.29 Å². The summed E-state index contributed by atoms with van der Waals surface area (Å²) in [6, 6.07) is 0. The van der Waals surface area contributed by atoms with E-state index in [2.05, 4.69) is 4.90 Å². The van der Waals surface area contributed by atoms with Crippen molar-refractivity contribution in [2.24, 2.45) is 5.41 Å². The third kappa shape index (κ3) is 3.22. The molecule has 0 aliphatic carbocycles. The molecule has 16 heavy (non-hydrogen) atoms. The molecule has 92 valence electrons. The first kappa shape index (κ1) is 12.4. The molecule has 0 N–H and O–H groups in total. The first-order chi connectivity index (χ1) is 7.85. The van der Waals surface area contributed by atoms with Gasteiger partial charge in [0.2, 0.25) is 0 Å². The molecule has 2 saturated heterocycles. The third-order valence-electron chi connectivity index (χ3n) is 3.46. The summed E-state index contributed by atoms with van der Waals surface area (Å²) in [6.45, 7) is 4.62. The highest BCUT2D eigenvalue weighted by atomic mass is 32.2. The predicted molar refractivity (Wildman–Crippen MR) is 66.9 cm³/mol. The second kappa shape index (κ2) is 6.03. The maximum absolute atomic E-state index is 11.3. The Bertz CT molecular complexity index is 221. The van der Waals surface area contributed by atoms with E-state index >= 15 is 0 Å². The molecule has 2 fully saturated rings. The highest BCUT2D eigenvalue weighted by Crippen LogP contribution is 2.28. The molecule has 2 heterocycles. The fourth-order valence-electron chi connectivity index (χ4n) is 2.53. The van der Waals surface area contributed by atoms with Crippen LogP contribution in [0.3, 0.4) is 0 Å². The summed E-state index contributed by atoms with van der Waals surface area (Å²) in [4.78, 5) is 13.8. The third-order valence-corrected chi connectivity index (χ3v) is 4.50. The van der Waals surface area contributed by atoms with Crippen molar-refractivity contribution in [1.82, 2.24) is 4.90 Å². The van der Waals surface area contributed by atoms with Gasteiger partial charge in [0.25, 0.3) is 0 Å². The molecular weight excluding hydrogens is 222 g/mol. The van der Waals surface area contributed by atoms with E-state index in [1.165, 1.54) is 17.9 Å². The number of nitrogens with zero attached hydrogens (tertiary/aromatic N) is 1. The summed E-state index contributed by atoms with van der Waals surface area (Å²) in [5.74, 6) is 2.47. The normalized spacial score (nSPS) is 33.2. The van der Waals surface area contributed by atoms with Crippen LogP contribution in [0.4, 0.5) is 0 Å². The molecule has 0 amide bonds. The van der Waals surface area contributed by atoms with Crippen molar-refractivity contribution >= 4 is 18.0 Å². The number of hydrogen-bond donors (Lipinski definition) is 0. The number of carbonyl (C=O) groups excluding carboxylic acids is 1. The van der Waals surface area contributed by atoms with Gasteiger partial charge < -0.3 is 14.4 Å². The monoisotopic (exact) mass is 243 g/mol. The zero-order valence-electron chi connectivity index (χ0n) is 9.82. The van der Waals surface area contributed by atoms with Crippen molar-refractivity contribution in [3.8, 4) is 0 Å². The molecule has 1 atom stereocenters. The predicted octanol–water partition coefficient (Wildman–Crippen LogP) is 1.42. The van der Waals surface area contributed by atoms with Crippen molar-refractivity contribution in [1.29, 1.82) is 0 Å². The van der Waals surface area contributed by atoms with Crippen LogP contribution < -0.4 is 0 Å². The lowest BCUT2D eigenvalue weighted by molar-refractivity contribution is -0.125. The van der Waals surface area contributed by atoms with Crippen LogP contribution in [-0.4, -0.2) is 55.5 Å². The Kier molecular flexibility index (Phi) is 4.67. The van der Waals surface area contributed by atoms with Crippen LogP contribution >= 0.6 is 11.8 Å². The zero-order valence-corrected chi connectivity index (χ0v) is 10.6. The van der Waals surface area contributed by atoms with Gasteiger partial charge in [-0.15, -0.1) is 0 Å². The van der Waals surface area contributed by atoms with E-state index in [-0.39, 0.29) is 5.41 Å². The fraction of sp³-hybridized carbons (Fsp3) is 0.917. The summed E-state index contributed by atoms with van der Waals surface area (Å²) in [5.41, 5.74) is -0.215. The van der Waals surface area contributed by atoms with Crippen LogP contribution in [0.2, 0.25) is 0 Å². The van der Waals surface area contributed by atoms with E-state index in [4.69, 9.17) is 4.74 Å². The first-order valence-corrected chi connectivity index (χ1v) is 7.34. The van der Waals surface area contributed by atoms with Crippen molar-refractivity contribution in [2.45, 2.75) is 19.3 Å². The lowest BCUT2D eigenvalue weighted by Crippen LogP contribution is -2.45. The lowest BCUT2D eigenvalue weighted by Gasteiger charge is -2.36. The molecule has 0 saturated carbocycles. The van der Waals surface area contributed by atoms with Crippen molar-refractivity contribution < 1.29 is 9.53 Å². The van der Waals surface area contributed by atoms with Gasteiger partial charge in [0, 0.05) is 25.4 Å². The molecule has 0 aromatic heterocycles. The van der Waals surface area contributed by atoms with Gasteiger partial charge in [-0.1, -0.05) is 0 Å². The molecule has 0 spiro atoms. The highest BCUT2D eigenvalue weighted by Gasteiger charge is 2.34. The van der Waals surface area contributed by atoms with Gasteiger partial charge in [0.05, 0.1) is 12.0 Å². The second-order valence-corrected chi connectivity index (χ2v) is 6.10. The summed E-state index contributed by atoms with van der Waals surface area (Å²) in [5, 5.41) is 0. The number of hydrogen-bond acceptors (Lipinski definition) is 4. The molecule has 2 rings (SSSR count). The SMILES string of the molecule is O=CC1(CN2CCCSCC2)CCCOC1. The minimum absolute atomic E-state index is 0.215. The zero-order chi connectivity index (χ0) is 11.3. The summed E-state index contributed by atoms with van der Waals surface area (Å²) >= 11 is 2.03. The van der Waals surface area contributed by atoms with Crippen LogP contribution in [0, 0.1) is 5.41 Å². The van der Waals surface area contributed by atoms with E-state index in [0.717, 1.165) is 45.4 Å². The van der Waals surface area contributed by atoms with Gasteiger partial charge in [-0.2, -0.15) is 11.8 Å². The standard InChI is InChI=1S/C12H21NO2S/c14-10-12(3-1-6-15-11-12)9-13-4-2-7-16-8-5-13/h10H,1-9,11H2. The Labute approximate surface area is 102 Å². The quantitative estimate of drug-likeness (QED) is 0.701. The number of thioether (sulfide) groups is 1. The van der Waals surface area contributed by atoms with Gasteiger partial charge in [-0.05, 0) is 31.6 Å². The average Bonchev–Trinajstić information content (AvgIpc) is 2.59. The number of rotatable bonds is 3. The average molecular weight is 243 g/mol. The van der Waals surface area contributed by atoms with Crippen molar-refractivity contribution in [2.75, 3.05) is 44.4 Å². The van der Waals surface area contributed by atoms with Gasteiger partial charge in [-0.3, -0.25) is 0 Å². The molecule has 4 heteroatoms. The van der Waals surface area contributed by atoms with Crippen molar-refractivity contribution in [3.63, 3.8) is 0 Å². The van der Waals surface area contributed by atoms with Gasteiger partial charge >= 0.3 is 0 Å². The number of aldehydes is 1. The minimum atomic E-state index is -0.215. The summed E-state index contributed by atoms with van der Waals surface area (Å²) in [6.07, 6.45) is 4.42. The fourth-order valence-corrected chi connectivity index (χ4v) is 3.45. The first-order valence-electron chi connectivity index (χ1n) is 6.19. The number of carbonyl (C=O) groups is 1. The number of ether oxygens (including phenoxy) is 1. The Morgan fingerprint density at radius 2 is 2.25 bits per heavy atom. The Morgan fingerprint density at radius 3 is 3.00 bits per heavy atom. The summed E-state index contributed by atoms with van der Waals surface area (Å²) in [7, 11) is 0. The van der Waals surface area contributed by atoms with E-state index in [0.29, 0.717) is 6.61 Å². The molecular formula is C12H21NO2S. The van der Waals surface area contributed by atoms with Crippen LogP contribution in [-0.2, 0) is 9.53 Å². The molecule has 0 radical (unpaired) electrons. The van der Waals surface area contributed by atoms with Crippen LogP contribution in [0.1, 0.15) is 19.3 Å². The van der Waals surface area contributed by atoms with E-state index in [1.807, 2.05) is 11.8 Å².